The van der Waals surface area contributed by atoms with Crippen molar-refractivity contribution in [1.29, 1.82) is 0 Å². The van der Waals surface area contributed by atoms with Crippen LogP contribution in [0.2, 0.25) is 0 Å². The van der Waals surface area contributed by atoms with Gasteiger partial charge in [-0.05, 0) is 40.0 Å². The molecule has 0 aromatic carbocycles. The lowest BCUT2D eigenvalue weighted by atomic mass is 10.0. The molecule has 0 aliphatic rings. The van der Waals surface area contributed by atoms with Gasteiger partial charge in [0.15, 0.2) is 0 Å². The fraction of sp³-hybridized carbons (Fsp3) is 0.800. The fourth-order valence-electron chi connectivity index (χ4n) is 2.39. The molecule has 0 fully saturated rings. The van der Waals surface area contributed by atoms with Crippen LogP contribution in [0.5, 0.6) is 0 Å². The maximum absolute atomic E-state index is 6.11. The number of hydrogen-bond acceptors (Lipinski definition) is 3. The van der Waals surface area contributed by atoms with Crippen molar-refractivity contribution in [2.24, 2.45) is 5.73 Å². The molecule has 1 rings (SSSR count). The lowest BCUT2D eigenvalue weighted by Crippen LogP contribution is -2.25. The predicted octanol–water partition coefficient (Wildman–Crippen LogP) is 2.84. The number of aryl methyl sites for hydroxylation is 2. The van der Waals surface area contributed by atoms with Crippen LogP contribution in [0.1, 0.15) is 64.0 Å². The van der Waals surface area contributed by atoms with Gasteiger partial charge in [0.05, 0.1) is 11.3 Å². The molecule has 4 heteroatoms. The van der Waals surface area contributed by atoms with Gasteiger partial charge in [-0.1, -0.05) is 13.8 Å². The molecule has 4 nitrogen and oxygen atoms in total. The molecule has 0 aliphatic heterocycles. The first kappa shape index (κ1) is 16.2. The molecule has 0 radical (unpaired) electrons. The van der Waals surface area contributed by atoms with Gasteiger partial charge in [-0.25, -0.2) is 0 Å². The van der Waals surface area contributed by atoms with Crippen LogP contribution in [0.4, 0.5) is 0 Å². The highest BCUT2D eigenvalue weighted by atomic mass is 16.5. The molecule has 1 heterocycles. The van der Waals surface area contributed by atoms with E-state index in [4.69, 9.17) is 15.6 Å². The smallest absolute Gasteiger partial charge is 0.0672 e. The van der Waals surface area contributed by atoms with Crippen LogP contribution in [-0.4, -0.2) is 22.5 Å². The average Bonchev–Trinajstić information content (AvgIpc) is 2.74. The van der Waals surface area contributed by atoms with E-state index in [2.05, 4.69) is 32.4 Å². The predicted molar refractivity (Wildman–Crippen MR) is 79.3 cm³/mol. The molecule has 0 amide bonds. The number of nitrogens with zero attached hydrogens (tertiary/aromatic N) is 2. The normalized spacial score (nSPS) is 13.8. The van der Waals surface area contributed by atoms with Gasteiger partial charge in [-0.15, -0.1) is 0 Å². The van der Waals surface area contributed by atoms with Gasteiger partial charge in [0.1, 0.15) is 0 Å². The molecule has 1 aromatic rings. The van der Waals surface area contributed by atoms with Crippen LogP contribution in [0.15, 0.2) is 0 Å². The molecule has 2 N–H and O–H groups in total. The van der Waals surface area contributed by atoms with E-state index in [9.17, 15) is 0 Å². The summed E-state index contributed by atoms with van der Waals surface area (Å²) in [6.45, 7) is 11.4. The third-order valence-electron chi connectivity index (χ3n) is 3.78. The van der Waals surface area contributed by atoms with Crippen molar-refractivity contribution < 1.29 is 4.74 Å². The topological polar surface area (TPSA) is 53.1 Å². The molecule has 110 valence electrons. The van der Waals surface area contributed by atoms with E-state index in [0.29, 0.717) is 0 Å². The molecular weight excluding hydrogens is 238 g/mol. The quantitative estimate of drug-likeness (QED) is 0.826. The second kappa shape index (κ2) is 6.53. The number of rotatable bonds is 7. The van der Waals surface area contributed by atoms with E-state index < -0.39 is 0 Å². The Bertz CT molecular complexity index is 408. The van der Waals surface area contributed by atoms with Crippen molar-refractivity contribution in [2.75, 3.05) is 7.11 Å². The first-order chi connectivity index (χ1) is 8.86. The van der Waals surface area contributed by atoms with E-state index in [-0.39, 0.29) is 11.6 Å². The van der Waals surface area contributed by atoms with E-state index in [1.54, 1.807) is 7.11 Å². The summed E-state index contributed by atoms with van der Waals surface area (Å²) in [4.78, 5) is 0. The van der Waals surface area contributed by atoms with E-state index in [0.717, 1.165) is 31.5 Å². The monoisotopic (exact) mass is 267 g/mol. The Labute approximate surface area is 117 Å². The summed E-state index contributed by atoms with van der Waals surface area (Å²) in [5, 5.41) is 4.74. The zero-order chi connectivity index (χ0) is 14.6. The maximum atomic E-state index is 6.11. The number of nitrogens with two attached hydrogens (primary N) is 1. The van der Waals surface area contributed by atoms with Crippen molar-refractivity contribution in [1.82, 2.24) is 9.78 Å². The van der Waals surface area contributed by atoms with Crippen molar-refractivity contribution >= 4 is 0 Å². The summed E-state index contributed by atoms with van der Waals surface area (Å²) < 4.78 is 7.60. The first-order valence-electron chi connectivity index (χ1n) is 7.25. The highest BCUT2D eigenvalue weighted by Crippen LogP contribution is 2.23. The molecule has 1 aromatic heterocycles. The van der Waals surface area contributed by atoms with E-state index in [1.165, 1.54) is 11.3 Å². The summed E-state index contributed by atoms with van der Waals surface area (Å²) in [6.07, 6.45) is 2.85. The van der Waals surface area contributed by atoms with Crippen molar-refractivity contribution in [3.63, 3.8) is 0 Å². The van der Waals surface area contributed by atoms with Gasteiger partial charge in [-0.3, -0.25) is 4.68 Å². The number of hydrogen-bond donors (Lipinski definition) is 1. The summed E-state index contributed by atoms with van der Waals surface area (Å²) in [5.74, 6) is 0. The zero-order valence-corrected chi connectivity index (χ0v) is 13.3. The number of ether oxygens (including phenoxy) is 1. The van der Waals surface area contributed by atoms with Crippen molar-refractivity contribution in [3.05, 3.63) is 17.0 Å². The standard InChI is InChI=1S/C15H29N3O/c1-7-12-14(11(3)16)13(8-2)18(17-12)10-9-15(4,5)19-6/h11H,7-10,16H2,1-6H3. The Hall–Kier alpha value is -0.870. The SMILES string of the molecule is CCc1nn(CCC(C)(C)OC)c(CC)c1C(C)N. The fourth-order valence-corrected chi connectivity index (χ4v) is 2.39. The van der Waals surface area contributed by atoms with Crippen LogP contribution >= 0.6 is 0 Å². The minimum Gasteiger partial charge on any atom is -0.379 e. The molecule has 0 saturated heterocycles. The Morgan fingerprint density at radius 1 is 1.32 bits per heavy atom. The second-order valence-corrected chi connectivity index (χ2v) is 5.74. The molecule has 1 unspecified atom stereocenters. The molecular formula is C15H29N3O. The molecule has 0 spiro atoms. The van der Waals surface area contributed by atoms with Crippen LogP contribution in [-0.2, 0) is 24.1 Å². The summed E-state index contributed by atoms with van der Waals surface area (Å²) in [6, 6.07) is 0.0501. The van der Waals surface area contributed by atoms with Crippen LogP contribution in [0.3, 0.4) is 0 Å². The van der Waals surface area contributed by atoms with Gasteiger partial charge in [-0.2, -0.15) is 5.10 Å². The van der Waals surface area contributed by atoms with Crippen LogP contribution in [0.25, 0.3) is 0 Å². The van der Waals surface area contributed by atoms with E-state index >= 15 is 0 Å². The number of aromatic nitrogens is 2. The number of methoxy groups -OCH3 is 1. The molecule has 19 heavy (non-hydrogen) atoms. The molecule has 0 aliphatic carbocycles. The Kier molecular flexibility index (Phi) is 5.56. The van der Waals surface area contributed by atoms with E-state index in [1.807, 2.05) is 6.92 Å². The van der Waals surface area contributed by atoms with Crippen LogP contribution < -0.4 is 5.73 Å². The summed E-state index contributed by atoms with van der Waals surface area (Å²) in [7, 11) is 1.76. The van der Waals surface area contributed by atoms with Crippen molar-refractivity contribution in [2.45, 2.75) is 72.1 Å². The Morgan fingerprint density at radius 3 is 2.37 bits per heavy atom. The minimum absolute atomic E-state index is 0.0501. The lowest BCUT2D eigenvalue weighted by molar-refractivity contribution is 0.0111. The highest BCUT2D eigenvalue weighted by Gasteiger charge is 2.21. The zero-order valence-electron chi connectivity index (χ0n) is 13.3. The largest absolute Gasteiger partial charge is 0.379 e. The summed E-state index contributed by atoms with van der Waals surface area (Å²) >= 11 is 0. The van der Waals surface area contributed by atoms with Crippen molar-refractivity contribution in [3.8, 4) is 0 Å². The molecule has 0 saturated carbocycles. The van der Waals surface area contributed by atoms with Gasteiger partial charge in [0.25, 0.3) is 0 Å². The van der Waals surface area contributed by atoms with Crippen LogP contribution in [0, 0.1) is 0 Å². The molecule has 1 atom stereocenters. The second-order valence-electron chi connectivity index (χ2n) is 5.74. The van der Waals surface area contributed by atoms with Gasteiger partial charge in [0.2, 0.25) is 0 Å². The van der Waals surface area contributed by atoms with Gasteiger partial charge < -0.3 is 10.5 Å². The highest BCUT2D eigenvalue weighted by molar-refractivity contribution is 5.29. The Morgan fingerprint density at radius 2 is 1.95 bits per heavy atom. The molecule has 0 bridgehead atoms. The third-order valence-corrected chi connectivity index (χ3v) is 3.78. The Balaban J connectivity index is 3.01. The summed E-state index contributed by atoms with van der Waals surface area (Å²) in [5.41, 5.74) is 9.65. The van der Waals surface area contributed by atoms with Gasteiger partial charge in [0, 0.05) is 31.0 Å². The van der Waals surface area contributed by atoms with Gasteiger partial charge >= 0.3 is 0 Å². The average molecular weight is 267 g/mol. The third kappa shape index (κ3) is 3.80. The minimum atomic E-state index is -0.113. The maximum Gasteiger partial charge on any atom is 0.0672 e. The lowest BCUT2D eigenvalue weighted by Gasteiger charge is -2.23. The first-order valence-corrected chi connectivity index (χ1v) is 7.25.